The molecule has 36 heavy (non-hydrogen) atoms. The van der Waals surface area contributed by atoms with Crippen LogP contribution in [0.4, 0.5) is 0 Å². The normalized spacial score (nSPS) is 11.4. The van der Waals surface area contributed by atoms with Crippen LogP contribution in [0.25, 0.3) is 23.1 Å². The molecule has 2 aromatic rings. The molecule has 0 fully saturated rings. The minimum absolute atomic E-state index is 0.168. The molecule has 0 amide bonds. The fourth-order valence-corrected chi connectivity index (χ4v) is 3.32. The summed E-state index contributed by atoms with van der Waals surface area (Å²) in [6.07, 6.45) is 11.9. The number of furan rings is 1. The maximum Gasteiger partial charge on any atom is 0.330 e. The Bertz CT molecular complexity index is 1050. The monoisotopic (exact) mass is 498 g/mol. The predicted molar refractivity (Wildman–Crippen MR) is 140 cm³/mol. The van der Waals surface area contributed by atoms with Crippen LogP contribution in [0.15, 0.2) is 34.8 Å². The first-order valence-corrected chi connectivity index (χ1v) is 12.9. The molecule has 7 heteroatoms. The number of hydrogen-bond donors (Lipinski definition) is 0. The highest BCUT2D eigenvalue weighted by atomic mass is 16.5. The zero-order chi connectivity index (χ0) is 26.2. The van der Waals surface area contributed by atoms with E-state index in [1.807, 2.05) is 32.9 Å². The van der Waals surface area contributed by atoms with E-state index in [9.17, 15) is 14.4 Å². The SMILES string of the molecule is CCCCOC(=O)/C=C/c1ccc2oc(CCC(=O)OCCCC)c(/C=C/C(=O)OCCCC)c2c1. The number of carbonyl (C=O) groups is 3. The third-order valence-corrected chi connectivity index (χ3v) is 5.43. The topological polar surface area (TPSA) is 92.0 Å². The van der Waals surface area contributed by atoms with Crippen LogP contribution in [0, 0.1) is 0 Å². The van der Waals surface area contributed by atoms with Crippen molar-refractivity contribution in [2.45, 2.75) is 72.1 Å². The molecule has 1 aromatic carbocycles. The zero-order valence-electron chi connectivity index (χ0n) is 21.7. The number of benzene rings is 1. The highest BCUT2D eigenvalue weighted by molar-refractivity contribution is 5.95. The molecule has 7 nitrogen and oxygen atoms in total. The van der Waals surface area contributed by atoms with Crippen molar-refractivity contribution in [2.75, 3.05) is 19.8 Å². The summed E-state index contributed by atoms with van der Waals surface area (Å²) >= 11 is 0. The van der Waals surface area contributed by atoms with Crippen LogP contribution < -0.4 is 0 Å². The molecule has 0 saturated carbocycles. The van der Waals surface area contributed by atoms with Crippen molar-refractivity contribution in [2.24, 2.45) is 0 Å². The van der Waals surface area contributed by atoms with Gasteiger partial charge in [-0.1, -0.05) is 46.1 Å². The second-order valence-electron chi connectivity index (χ2n) is 8.48. The van der Waals surface area contributed by atoms with Gasteiger partial charge in [0, 0.05) is 29.5 Å². The fraction of sp³-hybridized carbons (Fsp3) is 0.483. The van der Waals surface area contributed by atoms with Crippen LogP contribution in [-0.2, 0) is 35.0 Å². The minimum Gasteiger partial charge on any atom is -0.466 e. The van der Waals surface area contributed by atoms with Crippen LogP contribution in [0.3, 0.4) is 0 Å². The molecule has 0 radical (unpaired) electrons. The van der Waals surface area contributed by atoms with Crippen LogP contribution in [0.5, 0.6) is 0 Å². The van der Waals surface area contributed by atoms with Crippen molar-refractivity contribution in [1.29, 1.82) is 0 Å². The number of carbonyl (C=O) groups excluding carboxylic acids is 3. The van der Waals surface area contributed by atoms with Gasteiger partial charge in [-0.25, -0.2) is 9.59 Å². The van der Waals surface area contributed by atoms with Gasteiger partial charge >= 0.3 is 17.9 Å². The molecule has 1 aromatic heterocycles. The summed E-state index contributed by atoms with van der Waals surface area (Å²) in [6.45, 7) is 7.26. The largest absolute Gasteiger partial charge is 0.466 e. The van der Waals surface area contributed by atoms with Gasteiger partial charge in [0.05, 0.1) is 26.2 Å². The second kappa shape index (κ2) is 16.3. The van der Waals surface area contributed by atoms with Gasteiger partial charge in [-0.2, -0.15) is 0 Å². The Labute approximate surface area is 213 Å². The first-order chi connectivity index (χ1) is 17.5. The van der Waals surface area contributed by atoms with Gasteiger partial charge in [0.2, 0.25) is 0 Å². The highest BCUT2D eigenvalue weighted by Crippen LogP contribution is 2.30. The molecule has 0 saturated heterocycles. The molecule has 0 spiro atoms. The van der Waals surface area contributed by atoms with Gasteiger partial charge in [0.15, 0.2) is 0 Å². The lowest BCUT2D eigenvalue weighted by Gasteiger charge is -2.03. The van der Waals surface area contributed by atoms with Gasteiger partial charge in [0.1, 0.15) is 11.3 Å². The van der Waals surface area contributed by atoms with Crippen LogP contribution in [0.2, 0.25) is 0 Å². The van der Waals surface area contributed by atoms with E-state index >= 15 is 0 Å². The average Bonchev–Trinajstić information content (AvgIpc) is 3.22. The van der Waals surface area contributed by atoms with Crippen molar-refractivity contribution in [3.63, 3.8) is 0 Å². The van der Waals surface area contributed by atoms with E-state index in [1.54, 1.807) is 18.2 Å². The van der Waals surface area contributed by atoms with E-state index in [-0.39, 0.29) is 12.4 Å². The van der Waals surface area contributed by atoms with E-state index in [1.165, 1.54) is 12.2 Å². The Morgan fingerprint density at radius 1 is 0.806 bits per heavy atom. The van der Waals surface area contributed by atoms with E-state index in [0.29, 0.717) is 43.1 Å². The van der Waals surface area contributed by atoms with Gasteiger partial charge < -0.3 is 18.6 Å². The molecule has 1 heterocycles. The van der Waals surface area contributed by atoms with Crippen molar-refractivity contribution in [1.82, 2.24) is 0 Å². The maximum atomic E-state index is 12.1. The molecule has 0 aliphatic heterocycles. The Balaban J connectivity index is 2.24. The quantitative estimate of drug-likeness (QED) is 0.114. The van der Waals surface area contributed by atoms with E-state index in [0.717, 1.165) is 49.5 Å². The highest BCUT2D eigenvalue weighted by Gasteiger charge is 2.15. The van der Waals surface area contributed by atoms with Crippen LogP contribution in [-0.4, -0.2) is 37.7 Å². The summed E-state index contributed by atoms with van der Waals surface area (Å²) in [5.41, 5.74) is 2.09. The van der Waals surface area contributed by atoms with Crippen molar-refractivity contribution < 1.29 is 33.0 Å². The molecule has 0 bridgehead atoms. The molecule has 0 unspecified atom stereocenters. The summed E-state index contributed by atoms with van der Waals surface area (Å²) in [5, 5.41) is 0.767. The third-order valence-electron chi connectivity index (χ3n) is 5.43. The summed E-state index contributed by atoms with van der Waals surface area (Å²) in [7, 11) is 0. The first-order valence-electron chi connectivity index (χ1n) is 12.9. The molecular weight excluding hydrogens is 460 g/mol. The molecule has 196 valence electrons. The van der Waals surface area contributed by atoms with Crippen LogP contribution in [0.1, 0.15) is 82.6 Å². The number of unbranched alkanes of at least 4 members (excludes halogenated alkanes) is 3. The number of hydrogen-bond acceptors (Lipinski definition) is 7. The van der Waals surface area contributed by atoms with E-state index < -0.39 is 11.9 Å². The summed E-state index contributed by atoms with van der Waals surface area (Å²) in [4.78, 5) is 36.2. The first kappa shape index (κ1) is 28.9. The number of ether oxygens (including phenoxy) is 3. The van der Waals surface area contributed by atoms with Gasteiger partial charge in [-0.15, -0.1) is 0 Å². The summed E-state index contributed by atoms with van der Waals surface area (Å²) in [5.74, 6) is -0.542. The lowest BCUT2D eigenvalue weighted by Crippen LogP contribution is -2.07. The lowest BCUT2D eigenvalue weighted by atomic mass is 10.0. The van der Waals surface area contributed by atoms with E-state index in [2.05, 4.69) is 0 Å². The fourth-order valence-electron chi connectivity index (χ4n) is 3.32. The van der Waals surface area contributed by atoms with Crippen molar-refractivity contribution in [3.8, 4) is 0 Å². The average molecular weight is 499 g/mol. The summed E-state index contributed by atoms with van der Waals surface area (Å²) < 4.78 is 21.7. The Morgan fingerprint density at radius 2 is 1.39 bits per heavy atom. The Hall–Kier alpha value is -3.35. The standard InChI is InChI=1S/C29H38O7/c1-4-7-18-33-27(30)15-11-22-10-13-26-24(21-22)23(12-16-28(31)34-19-8-5-2)25(36-26)14-17-29(32)35-20-9-6-3/h10-13,15-16,21H,4-9,14,17-20H2,1-3H3/b15-11+,16-12+. The smallest absolute Gasteiger partial charge is 0.330 e. The second-order valence-corrected chi connectivity index (χ2v) is 8.48. The number of aryl methyl sites for hydroxylation is 1. The molecule has 0 atom stereocenters. The number of fused-ring (bicyclic) bond motifs is 1. The summed E-state index contributed by atoms with van der Waals surface area (Å²) in [6, 6.07) is 5.51. The van der Waals surface area contributed by atoms with Crippen molar-refractivity contribution >= 4 is 41.0 Å². The molecule has 0 aliphatic rings. The minimum atomic E-state index is -0.436. The maximum absolute atomic E-state index is 12.1. The van der Waals surface area contributed by atoms with Crippen LogP contribution >= 0.6 is 0 Å². The number of esters is 3. The third kappa shape index (κ3) is 10.1. The predicted octanol–water partition coefficient (Wildman–Crippen LogP) is 6.42. The van der Waals surface area contributed by atoms with Crippen molar-refractivity contribution in [3.05, 3.63) is 47.2 Å². The molecule has 0 aliphatic carbocycles. The van der Waals surface area contributed by atoms with Gasteiger partial charge in [-0.3, -0.25) is 4.79 Å². The Morgan fingerprint density at radius 3 is 2.00 bits per heavy atom. The Kier molecular flexibility index (Phi) is 13.1. The molecule has 2 rings (SSSR count). The van der Waals surface area contributed by atoms with E-state index in [4.69, 9.17) is 18.6 Å². The van der Waals surface area contributed by atoms with Gasteiger partial charge in [-0.05, 0) is 49.1 Å². The van der Waals surface area contributed by atoms with Gasteiger partial charge in [0.25, 0.3) is 0 Å². The number of rotatable bonds is 16. The molecule has 0 N–H and O–H groups in total. The zero-order valence-corrected chi connectivity index (χ0v) is 21.7. The lowest BCUT2D eigenvalue weighted by molar-refractivity contribution is -0.144. The molecular formula is C29H38O7.